The van der Waals surface area contributed by atoms with E-state index in [9.17, 15) is 4.79 Å². The fourth-order valence-electron chi connectivity index (χ4n) is 1.60. The second-order valence-corrected chi connectivity index (χ2v) is 3.33. The van der Waals surface area contributed by atoms with Crippen LogP contribution in [0, 0.1) is 0 Å². The first-order valence-corrected chi connectivity index (χ1v) is 4.11. The van der Waals surface area contributed by atoms with E-state index in [1.165, 1.54) is 19.3 Å². The fourth-order valence-corrected chi connectivity index (χ4v) is 1.60. The molecule has 0 aliphatic heterocycles. The molecule has 0 atom stereocenters. The van der Waals surface area contributed by atoms with Crippen LogP contribution in [0.15, 0.2) is 0 Å². The predicted molar refractivity (Wildman–Crippen MR) is 42.0 cm³/mol. The quantitative estimate of drug-likeness (QED) is 0.617. The maximum Gasteiger partial charge on any atom is 0.293 e. The second-order valence-electron chi connectivity index (χ2n) is 3.33. The Morgan fingerprint density at radius 3 is 2.55 bits per heavy atom. The Balaban J connectivity index is 2.30. The average molecular weight is 157 g/mol. The molecule has 0 saturated heterocycles. The lowest BCUT2D eigenvalue weighted by molar-refractivity contribution is -0.130. The smallest absolute Gasteiger partial charge is 0.293 e. The molecule has 64 valence electrons. The molecule has 3 nitrogen and oxygen atoms in total. The molecule has 1 fully saturated rings. The summed E-state index contributed by atoms with van der Waals surface area (Å²) in [7, 11) is 0. The molecule has 0 aromatic rings. The SMILES string of the molecule is NC1(COC=O)CCCCC1. The zero-order valence-electron chi connectivity index (χ0n) is 6.71. The van der Waals surface area contributed by atoms with Crippen LogP contribution < -0.4 is 5.73 Å². The molecule has 0 amide bonds. The number of hydrogen-bond donors (Lipinski definition) is 1. The Labute approximate surface area is 66.9 Å². The Morgan fingerprint density at radius 1 is 1.36 bits per heavy atom. The van der Waals surface area contributed by atoms with Gasteiger partial charge in [-0.3, -0.25) is 4.79 Å². The molecular weight excluding hydrogens is 142 g/mol. The van der Waals surface area contributed by atoms with Gasteiger partial charge in [-0.05, 0) is 12.8 Å². The van der Waals surface area contributed by atoms with E-state index in [0.717, 1.165) is 12.8 Å². The van der Waals surface area contributed by atoms with Crippen molar-refractivity contribution in [1.82, 2.24) is 0 Å². The Kier molecular flexibility index (Phi) is 2.88. The number of nitrogens with two attached hydrogens (primary N) is 1. The number of hydrogen-bond acceptors (Lipinski definition) is 3. The van der Waals surface area contributed by atoms with Gasteiger partial charge in [0.2, 0.25) is 0 Å². The van der Waals surface area contributed by atoms with E-state index >= 15 is 0 Å². The molecule has 0 spiro atoms. The summed E-state index contributed by atoms with van der Waals surface area (Å²) in [5.41, 5.74) is 5.74. The molecule has 3 heteroatoms. The molecule has 1 aliphatic carbocycles. The third-order valence-electron chi connectivity index (χ3n) is 2.29. The predicted octanol–water partition coefficient (Wildman–Crippen LogP) is 0.821. The van der Waals surface area contributed by atoms with Gasteiger partial charge in [0.15, 0.2) is 0 Å². The summed E-state index contributed by atoms with van der Waals surface area (Å²) in [4.78, 5) is 9.91. The highest BCUT2D eigenvalue weighted by molar-refractivity contribution is 5.37. The molecule has 0 aromatic carbocycles. The van der Waals surface area contributed by atoms with Gasteiger partial charge in [0, 0.05) is 0 Å². The first-order valence-electron chi connectivity index (χ1n) is 4.11. The van der Waals surface area contributed by atoms with Gasteiger partial charge in [-0.2, -0.15) is 0 Å². The van der Waals surface area contributed by atoms with Gasteiger partial charge in [-0.25, -0.2) is 0 Å². The van der Waals surface area contributed by atoms with Gasteiger partial charge in [0.25, 0.3) is 6.47 Å². The average Bonchev–Trinajstić information content (AvgIpc) is 2.03. The molecule has 2 N–H and O–H groups in total. The molecule has 0 bridgehead atoms. The molecule has 1 aliphatic rings. The number of ether oxygens (including phenoxy) is 1. The minimum Gasteiger partial charge on any atom is -0.466 e. The highest BCUT2D eigenvalue weighted by Gasteiger charge is 2.27. The lowest BCUT2D eigenvalue weighted by atomic mass is 9.83. The molecule has 11 heavy (non-hydrogen) atoms. The summed E-state index contributed by atoms with van der Waals surface area (Å²) in [6.07, 6.45) is 5.57. The molecule has 0 radical (unpaired) electrons. The van der Waals surface area contributed by atoms with Gasteiger partial charge in [0.05, 0.1) is 5.54 Å². The monoisotopic (exact) mass is 157 g/mol. The molecule has 0 heterocycles. The van der Waals surface area contributed by atoms with Gasteiger partial charge in [-0.15, -0.1) is 0 Å². The van der Waals surface area contributed by atoms with Crippen LogP contribution in [0.1, 0.15) is 32.1 Å². The Hall–Kier alpha value is -0.570. The van der Waals surface area contributed by atoms with Crippen molar-refractivity contribution in [3.63, 3.8) is 0 Å². The van der Waals surface area contributed by atoms with Crippen molar-refractivity contribution in [1.29, 1.82) is 0 Å². The van der Waals surface area contributed by atoms with E-state index in [1.807, 2.05) is 0 Å². The largest absolute Gasteiger partial charge is 0.466 e. The van der Waals surface area contributed by atoms with E-state index in [1.54, 1.807) is 0 Å². The van der Waals surface area contributed by atoms with Gasteiger partial charge < -0.3 is 10.5 Å². The van der Waals surface area contributed by atoms with Crippen LogP contribution in [-0.2, 0) is 9.53 Å². The van der Waals surface area contributed by atoms with Crippen LogP contribution >= 0.6 is 0 Å². The molecule has 0 aromatic heterocycles. The summed E-state index contributed by atoms with van der Waals surface area (Å²) in [5, 5.41) is 0. The zero-order valence-corrected chi connectivity index (χ0v) is 6.71. The van der Waals surface area contributed by atoms with Crippen molar-refractivity contribution >= 4 is 6.47 Å². The van der Waals surface area contributed by atoms with Crippen LogP contribution in [0.5, 0.6) is 0 Å². The van der Waals surface area contributed by atoms with Crippen molar-refractivity contribution in [3.05, 3.63) is 0 Å². The zero-order chi connectivity index (χ0) is 8.16. The van der Waals surface area contributed by atoms with E-state index in [2.05, 4.69) is 4.74 Å². The highest BCUT2D eigenvalue weighted by Crippen LogP contribution is 2.25. The summed E-state index contributed by atoms with van der Waals surface area (Å²) in [6.45, 7) is 0.861. The van der Waals surface area contributed by atoms with Crippen molar-refractivity contribution in [2.24, 2.45) is 5.73 Å². The maximum atomic E-state index is 9.91. The third kappa shape index (κ3) is 2.50. The van der Waals surface area contributed by atoms with Crippen molar-refractivity contribution in [2.75, 3.05) is 6.61 Å². The number of rotatable bonds is 3. The van der Waals surface area contributed by atoms with E-state index < -0.39 is 0 Å². The first kappa shape index (κ1) is 8.53. The summed E-state index contributed by atoms with van der Waals surface area (Å²) in [5.74, 6) is 0. The molecule has 1 saturated carbocycles. The Bertz CT molecular complexity index is 130. The number of carbonyl (C=O) groups excluding carboxylic acids is 1. The standard InChI is InChI=1S/C8H15NO2/c9-8(6-11-7-10)4-2-1-3-5-8/h7H,1-6,9H2. The minimum absolute atomic E-state index is 0.223. The molecule has 0 unspecified atom stereocenters. The van der Waals surface area contributed by atoms with Gasteiger partial charge in [-0.1, -0.05) is 19.3 Å². The Morgan fingerprint density at radius 2 is 2.00 bits per heavy atom. The molecule has 1 rings (SSSR count). The molecular formula is C8H15NO2. The summed E-state index contributed by atoms with van der Waals surface area (Å²) < 4.78 is 4.67. The van der Waals surface area contributed by atoms with E-state index in [4.69, 9.17) is 5.73 Å². The van der Waals surface area contributed by atoms with Crippen LogP contribution in [-0.4, -0.2) is 18.6 Å². The van der Waals surface area contributed by atoms with Crippen LogP contribution in [0.25, 0.3) is 0 Å². The second kappa shape index (κ2) is 3.72. The normalized spacial score (nSPS) is 22.6. The van der Waals surface area contributed by atoms with Gasteiger partial charge in [0.1, 0.15) is 6.61 Å². The maximum absolute atomic E-state index is 9.91. The van der Waals surface area contributed by atoms with Crippen molar-refractivity contribution in [3.8, 4) is 0 Å². The van der Waals surface area contributed by atoms with Crippen LogP contribution in [0.3, 0.4) is 0 Å². The van der Waals surface area contributed by atoms with Crippen LogP contribution in [0.4, 0.5) is 0 Å². The topological polar surface area (TPSA) is 52.3 Å². The third-order valence-corrected chi connectivity index (χ3v) is 2.29. The summed E-state index contributed by atoms with van der Waals surface area (Å²) >= 11 is 0. The summed E-state index contributed by atoms with van der Waals surface area (Å²) in [6, 6.07) is 0. The fraction of sp³-hybridized carbons (Fsp3) is 0.875. The lowest BCUT2D eigenvalue weighted by Gasteiger charge is -2.31. The highest BCUT2D eigenvalue weighted by atomic mass is 16.5. The van der Waals surface area contributed by atoms with Crippen molar-refractivity contribution in [2.45, 2.75) is 37.6 Å². The van der Waals surface area contributed by atoms with Crippen molar-refractivity contribution < 1.29 is 9.53 Å². The lowest BCUT2D eigenvalue weighted by Crippen LogP contribution is -2.45. The minimum atomic E-state index is -0.223. The first-order chi connectivity index (χ1) is 5.27. The van der Waals surface area contributed by atoms with E-state index in [-0.39, 0.29) is 5.54 Å². The van der Waals surface area contributed by atoms with E-state index in [0.29, 0.717) is 13.1 Å². The number of carbonyl (C=O) groups is 1. The van der Waals surface area contributed by atoms with Gasteiger partial charge >= 0.3 is 0 Å². The van der Waals surface area contributed by atoms with Crippen LogP contribution in [0.2, 0.25) is 0 Å².